The summed E-state index contributed by atoms with van der Waals surface area (Å²) >= 11 is 7.21. The van der Waals surface area contributed by atoms with Gasteiger partial charge >= 0.3 is 0 Å². The molecule has 108 valence electrons. The number of amides is 3. The quantitative estimate of drug-likeness (QED) is 0.819. The topological polar surface area (TPSA) is 88.2 Å². The van der Waals surface area contributed by atoms with Crippen LogP contribution in [0.15, 0.2) is 18.3 Å². The molecule has 1 unspecified atom stereocenters. The van der Waals surface area contributed by atoms with Gasteiger partial charge in [0, 0.05) is 18.0 Å². The molecule has 2 N–H and O–H groups in total. The lowest BCUT2D eigenvalue weighted by Gasteiger charge is -2.21. The molecular weight excluding hydrogens is 314 g/mol. The molecule has 0 spiro atoms. The SMILES string of the molecule is O=C1CCC(NC(=O)c2sc(Cl)c3cccnc23)C(=O)N1. The Hall–Kier alpha value is -1.99. The lowest BCUT2D eigenvalue weighted by molar-refractivity contribution is -0.134. The van der Waals surface area contributed by atoms with Gasteiger partial charge in [-0.25, -0.2) is 0 Å². The van der Waals surface area contributed by atoms with Gasteiger partial charge in [0.25, 0.3) is 5.91 Å². The van der Waals surface area contributed by atoms with Crippen LogP contribution in [0, 0.1) is 0 Å². The van der Waals surface area contributed by atoms with E-state index in [1.165, 1.54) is 0 Å². The Labute approximate surface area is 128 Å². The Morgan fingerprint density at radius 3 is 3.05 bits per heavy atom. The fraction of sp³-hybridized carbons (Fsp3) is 0.231. The normalized spacial score (nSPS) is 18.6. The van der Waals surface area contributed by atoms with Crippen LogP contribution < -0.4 is 10.6 Å². The summed E-state index contributed by atoms with van der Waals surface area (Å²) in [6.07, 6.45) is 2.08. The zero-order chi connectivity index (χ0) is 15.0. The Bertz CT molecular complexity index is 758. The lowest BCUT2D eigenvalue weighted by atomic mass is 10.1. The molecule has 2 aromatic heterocycles. The maximum absolute atomic E-state index is 12.3. The van der Waals surface area contributed by atoms with Crippen molar-refractivity contribution in [3.05, 3.63) is 27.5 Å². The number of pyridine rings is 1. The van der Waals surface area contributed by atoms with Crippen LogP contribution in [0.1, 0.15) is 22.5 Å². The van der Waals surface area contributed by atoms with E-state index in [0.717, 1.165) is 11.3 Å². The number of hydrogen-bond acceptors (Lipinski definition) is 5. The van der Waals surface area contributed by atoms with Crippen LogP contribution in [-0.2, 0) is 9.59 Å². The standard InChI is InChI=1S/C13H10ClN3O3S/c14-11-6-2-1-5-15-9(6)10(21-11)13(20)16-7-3-4-8(18)17-12(7)19/h1-2,5,7H,3-4H2,(H,16,20)(H,17,18,19). The van der Waals surface area contributed by atoms with E-state index in [0.29, 0.717) is 26.5 Å². The summed E-state index contributed by atoms with van der Waals surface area (Å²) in [6.45, 7) is 0. The number of carbonyl (C=O) groups is 3. The summed E-state index contributed by atoms with van der Waals surface area (Å²) in [5.74, 6) is -1.22. The van der Waals surface area contributed by atoms with Crippen LogP contribution in [0.5, 0.6) is 0 Å². The van der Waals surface area contributed by atoms with Crippen molar-refractivity contribution in [1.29, 1.82) is 0 Å². The van der Waals surface area contributed by atoms with Gasteiger partial charge in [0.1, 0.15) is 15.3 Å². The smallest absolute Gasteiger partial charge is 0.264 e. The van der Waals surface area contributed by atoms with Gasteiger partial charge in [-0.3, -0.25) is 24.7 Å². The number of fused-ring (bicyclic) bond motifs is 1. The van der Waals surface area contributed by atoms with Crippen molar-refractivity contribution in [3.63, 3.8) is 0 Å². The number of hydrogen-bond donors (Lipinski definition) is 2. The van der Waals surface area contributed by atoms with E-state index in [-0.39, 0.29) is 12.3 Å². The number of halogens is 1. The minimum absolute atomic E-state index is 0.209. The third-order valence-corrected chi connectivity index (χ3v) is 4.59. The van der Waals surface area contributed by atoms with Crippen molar-refractivity contribution in [2.75, 3.05) is 0 Å². The largest absolute Gasteiger partial charge is 0.339 e. The van der Waals surface area contributed by atoms with Gasteiger partial charge in [0.05, 0.1) is 5.52 Å². The van der Waals surface area contributed by atoms with Crippen LogP contribution in [-0.4, -0.2) is 28.7 Å². The zero-order valence-corrected chi connectivity index (χ0v) is 12.3. The third-order valence-electron chi connectivity index (χ3n) is 3.18. The maximum Gasteiger partial charge on any atom is 0.264 e. The van der Waals surface area contributed by atoms with E-state index in [4.69, 9.17) is 11.6 Å². The Morgan fingerprint density at radius 2 is 2.29 bits per heavy atom. The molecule has 0 saturated carbocycles. The highest BCUT2D eigenvalue weighted by atomic mass is 35.5. The molecule has 1 aliphatic rings. The summed E-state index contributed by atoms with van der Waals surface area (Å²) in [7, 11) is 0. The fourth-order valence-corrected chi connectivity index (χ4v) is 3.40. The predicted molar refractivity (Wildman–Crippen MR) is 78.3 cm³/mol. The van der Waals surface area contributed by atoms with Gasteiger partial charge in [-0.05, 0) is 18.6 Å². The highest BCUT2D eigenvalue weighted by Gasteiger charge is 2.29. The molecule has 1 fully saturated rings. The van der Waals surface area contributed by atoms with E-state index in [1.54, 1.807) is 18.3 Å². The van der Waals surface area contributed by atoms with Gasteiger partial charge in [-0.1, -0.05) is 11.6 Å². The monoisotopic (exact) mass is 323 g/mol. The molecule has 3 rings (SSSR count). The van der Waals surface area contributed by atoms with Crippen LogP contribution in [0.2, 0.25) is 4.34 Å². The number of nitrogens with one attached hydrogen (secondary N) is 2. The second-order valence-corrected chi connectivity index (χ2v) is 6.20. The first kappa shape index (κ1) is 14.0. The van der Waals surface area contributed by atoms with E-state index in [2.05, 4.69) is 15.6 Å². The van der Waals surface area contributed by atoms with E-state index in [9.17, 15) is 14.4 Å². The molecule has 1 atom stereocenters. The number of nitrogens with zero attached hydrogens (tertiary/aromatic N) is 1. The van der Waals surface area contributed by atoms with Gasteiger partial charge < -0.3 is 5.32 Å². The number of thiophene rings is 1. The van der Waals surface area contributed by atoms with E-state index >= 15 is 0 Å². The molecule has 8 heteroatoms. The Balaban J connectivity index is 1.85. The average Bonchev–Trinajstić information content (AvgIpc) is 2.80. The fourth-order valence-electron chi connectivity index (χ4n) is 2.15. The van der Waals surface area contributed by atoms with Crippen LogP contribution >= 0.6 is 22.9 Å². The van der Waals surface area contributed by atoms with Crippen molar-refractivity contribution in [1.82, 2.24) is 15.6 Å². The Kier molecular flexibility index (Phi) is 3.60. The highest BCUT2D eigenvalue weighted by molar-refractivity contribution is 7.20. The molecular formula is C13H10ClN3O3S. The summed E-state index contributed by atoms with van der Waals surface area (Å²) < 4.78 is 0.478. The highest BCUT2D eigenvalue weighted by Crippen LogP contribution is 2.33. The van der Waals surface area contributed by atoms with E-state index < -0.39 is 17.9 Å². The number of carbonyl (C=O) groups excluding carboxylic acids is 3. The first-order chi connectivity index (χ1) is 10.1. The summed E-state index contributed by atoms with van der Waals surface area (Å²) in [5.41, 5.74) is 0.511. The molecule has 2 aromatic rings. The van der Waals surface area contributed by atoms with Gasteiger partial charge in [0.15, 0.2) is 0 Å². The maximum atomic E-state index is 12.3. The number of aromatic nitrogens is 1. The van der Waals surface area contributed by atoms with Gasteiger partial charge in [-0.2, -0.15) is 0 Å². The summed E-state index contributed by atoms with van der Waals surface area (Å²) in [6, 6.07) is 2.81. The van der Waals surface area contributed by atoms with Crippen LogP contribution in [0.3, 0.4) is 0 Å². The van der Waals surface area contributed by atoms with Crippen molar-refractivity contribution in [2.24, 2.45) is 0 Å². The molecule has 6 nitrogen and oxygen atoms in total. The first-order valence-corrected chi connectivity index (χ1v) is 7.43. The molecule has 3 heterocycles. The predicted octanol–water partition coefficient (Wildman–Crippen LogP) is 1.48. The minimum Gasteiger partial charge on any atom is -0.339 e. The summed E-state index contributed by atoms with van der Waals surface area (Å²) in [4.78, 5) is 39.6. The van der Waals surface area contributed by atoms with Crippen molar-refractivity contribution < 1.29 is 14.4 Å². The molecule has 3 amide bonds. The van der Waals surface area contributed by atoms with Crippen LogP contribution in [0.4, 0.5) is 0 Å². The Morgan fingerprint density at radius 1 is 1.48 bits per heavy atom. The average molecular weight is 324 g/mol. The summed E-state index contributed by atoms with van der Waals surface area (Å²) in [5, 5.41) is 5.52. The second kappa shape index (κ2) is 5.42. The van der Waals surface area contributed by atoms with E-state index in [1.807, 2.05) is 0 Å². The zero-order valence-electron chi connectivity index (χ0n) is 10.7. The third kappa shape index (κ3) is 2.62. The molecule has 0 aliphatic carbocycles. The first-order valence-electron chi connectivity index (χ1n) is 6.24. The second-order valence-electron chi connectivity index (χ2n) is 4.58. The molecule has 1 aliphatic heterocycles. The van der Waals surface area contributed by atoms with Gasteiger partial charge in [0.2, 0.25) is 11.8 Å². The van der Waals surface area contributed by atoms with Crippen molar-refractivity contribution in [2.45, 2.75) is 18.9 Å². The lowest BCUT2D eigenvalue weighted by Crippen LogP contribution is -2.52. The molecule has 0 bridgehead atoms. The number of rotatable bonds is 2. The van der Waals surface area contributed by atoms with Gasteiger partial charge in [-0.15, -0.1) is 11.3 Å². The minimum atomic E-state index is -0.713. The number of imide groups is 1. The molecule has 0 aromatic carbocycles. The number of piperidine rings is 1. The van der Waals surface area contributed by atoms with Crippen molar-refractivity contribution in [3.8, 4) is 0 Å². The molecule has 1 saturated heterocycles. The molecule has 0 radical (unpaired) electrons. The van der Waals surface area contributed by atoms with Crippen LogP contribution in [0.25, 0.3) is 10.9 Å². The molecule has 21 heavy (non-hydrogen) atoms. The van der Waals surface area contributed by atoms with Crippen molar-refractivity contribution >= 4 is 51.6 Å².